The molecule has 94 valence electrons. The Labute approximate surface area is 109 Å². The van der Waals surface area contributed by atoms with E-state index < -0.39 is 5.95 Å². The zero-order valence-corrected chi connectivity index (χ0v) is 11.3. The van der Waals surface area contributed by atoms with Crippen LogP contribution < -0.4 is 4.90 Å². The molecule has 5 heteroatoms. The van der Waals surface area contributed by atoms with Crippen molar-refractivity contribution in [1.82, 2.24) is 4.98 Å². The van der Waals surface area contributed by atoms with Gasteiger partial charge in [-0.1, -0.05) is 6.92 Å². The molecule has 1 N–H and O–H groups in total. The van der Waals surface area contributed by atoms with Crippen molar-refractivity contribution >= 4 is 21.6 Å². The van der Waals surface area contributed by atoms with Gasteiger partial charge in [-0.25, -0.2) is 4.98 Å². The zero-order chi connectivity index (χ0) is 12.4. The first-order valence-corrected chi connectivity index (χ1v) is 6.67. The van der Waals surface area contributed by atoms with Gasteiger partial charge in [-0.3, -0.25) is 0 Å². The topological polar surface area (TPSA) is 36.4 Å². The lowest BCUT2D eigenvalue weighted by molar-refractivity contribution is 0.175. The summed E-state index contributed by atoms with van der Waals surface area (Å²) in [5.41, 5.74) is 0.791. The van der Waals surface area contributed by atoms with Crippen molar-refractivity contribution in [1.29, 1.82) is 0 Å². The molecule has 1 fully saturated rings. The summed E-state index contributed by atoms with van der Waals surface area (Å²) >= 11 is 3.19. The van der Waals surface area contributed by atoms with Gasteiger partial charge in [-0.2, -0.15) is 4.39 Å². The van der Waals surface area contributed by atoms with E-state index in [2.05, 4.69) is 25.8 Å². The van der Waals surface area contributed by atoms with Crippen molar-refractivity contribution in [2.24, 2.45) is 0 Å². The van der Waals surface area contributed by atoms with E-state index in [-0.39, 0.29) is 6.10 Å². The van der Waals surface area contributed by atoms with Gasteiger partial charge in [0.1, 0.15) is 4.60 Å². The summed E-state index contributed by atoms with van der Waals surface area (Å²) in [6.45, 7) is 2.50. The molecule has 1 atom stereocenters. The van der Waals surface area contributed by atoms with E-state index in [4.69, 9.17) is 0 Å². The molecule has 3 nitrogen and oxygen atoms in total. The normalized spacial score (nSPS) is 16.9. The van der Waals surface area contributed by atoms with Crippen LogP contribution >= 0.6 is 15.9 Å². The van der Waals surface area contributed by atoms with Gasteiger partial charge in [-0.15, -0.1) is 0 Å². The number of aliphatic hydroxyl groups excluding tert-OH is 1. The molecule has 1 aliphatic carbocycles. The number of aromatic nitrogens is 1. The first kappa shape index (κ1) is 12.8. The van der Waals surface area contributed by atoms with E-state index in [1.54, 1.807) is 6.07 Å². The SMILES string of the molecule is CCC(O)CN(c1cc(F)nc(Br)c1)C1CC1. The quantitative estimate of drug-likeness (QED) is 0.850. The summed E-state index contributed by atoms with van der Waals surface area (Å²) in [6, 6.07) is 3.65. The van der Waals surface area contributed by atoms with Gasteiger partial charge in [-0.05, 0) is 41.3 Å². The second kappa shape index (κ2) is 5.31. The Kier molecular flexibility index (Phi) is 3.99. The van der Waals surface area contributed by atoms with Gasteiger partial charge in [0.25, 0.3) is 0 Å². The van der Waals surface area contributed by atoms with Gasteiger partial charge in [0, 0.05) is 24.3 Å². The molecule has 0 bridgehead atoms. The second-order valence-corrected chi connectivity index (χ2v) is 5.23. The molecule has 0 spiro atoms. The highest BCUT2D eigenvalue weighted by Gasteiger charge is 2.30. The van der Waals surface area contributed by atoms with Gasteiger partial charge in [0.15, 0.2) is 0 Å². The van der Waals surface area contributed by atoms with E-state index in [1.807, 2.05) is 6.92 Å². The molecule has 1 heterocycles. The molecule has 1 saturated carbocycles. The van der Waals surface area contributed by atoms with Crippen LogP contribution in [0.25, 0.3) is 0 Å². The maximum Gasteiger partial charge on any atom is 0.215 e. The lowest BCUT2D eigenvalue weighted by Gasteiger charge is -2.27. The zero-order valence-electron chi connectivity index (χ0n) is 9.74. The minimum atomic E-state index is -0.494. The van der Waals surface area contributed by atoms with Gasteiger partial charge in [0.2, 0.25) is 5.95 Å². The highest BCUT2D eigenvalue weighted by atomic mass is 79.9. The van der Waals surface area contributed by atoms with E-state index in [0.29, 0.717) is 23.6 Å². The van der Waals surface area contributed by atoms with Crippen LogP contribution in [0.4, 0.5) is 10.1 Å². The molecule has 0 saturated heterocycles. The maximum atomic E-state index is 13.3. The Balaban J connectivity index is 2.19. The lowest BCUT2D eigenvalue weighted by atomic mass is 10.2. The number of pyridine rings is 1. The smallest absolute Gasteiger partial charge is 0.215 e. The minimum absolute atomic E-state index is 0.370. The molecule has 1 aromatic rings. The number of aliphatic hydroxyl groups is 1. The molecular formula is C12H16BrFN2O. The fraction of sp³-hybridized carbons (Fsp3) is 0.583. The maximum absolute atomic E-state index is 13.3. The van der Waals surface area contributed by atoms with Gasteiger partial charge < -0.3 is 10.0 Å². The van der Waals surface area contributed by atoms with Gasteiger partial charge >= 0.3 is 0 Å². The van der Waals surface area contributed by atoms with Crippen LogP contribution in [0.15, 0.2) is 16.7 Å². The summed E-state index contributed by atoms with van der Waals surface area (Å²) in [5.74, 6) is -0.494. The van der Waals surface area contributed by atoms with Crippen molar-refractivity contribution in [3.05, 3.63) is 22.7 Å². The molecule has 0 aliphatic heterocycles. The average Bonchev–Trinajstić information content (AvgIpc) is 3.07. The van der Waals surface area contributed by atoms with Crippen molar-refractivity contribution in [3.63, 3.8) is 0 Å². The second-order valence-electron chi connectivity index (χ2n) is 4.42. The molecule has 0 radical (unpaired) electrons. The average molecular weight is 303 g/mol. The number of rotatable bonds is 5. The monoisotopic (exact) mass is 302 g/mol. The summed E-state index contributed by atoms with van der Waals surface area (Å²) in [5, 5.41) is 9.74. The summed E-state index contributed by atoms with van der Waals surface area (Å²) in [4.78, 5) is 5.73. The van der Waals surface area contributed by atoms with E-state index in [0.717, 1.165) is 18.5 Å². The fourth-order valence-electron chi connectivity index (χ4n) is 1.83. The van der Waals surface area contributed by atoms with E-state index in [1.165, 1.54) is 6.07 Å². The Morgan fingerprint density at radius 1 is 1.59 bits per heavy atom. The highest BCUT2D eigenvalue weighted by Crippen LogP contribution is 2.33. The minimum Gasteiger partial charge on any atom is -0.391 e. The molecule has 1 unspecified atom stereocenters. The fourth-order valence-corrected chi connectivity index (χ4v) is 2.23. The van der Waals surface area contributed by atoms with Crippen LogP contribution in [0.2, 0.25) is 0 Å². The Morgan fingerprint density at radius 3 is 2.82 bits per heavy atom. The van der Waals surface area contributed by atoms with Crippen molar-refractivity contribution in [3.8, 4) is 0 Å². The highest BCUT2D eigenvalue weighted by molar-refractivity contribution is 9.10. The molecule has 17 heavy (non-hydrogen) atoms. The first-order chi connectivity index (χ1) is 8.10. The number of hydrogen-bond acceptors (Lipinski definition) is 3. The molecule has 1 aromatic heterocycles. The van der Waals surface area contributed by atoms with Crippen molar-refractivity contribution < 1.29 is 9.50 Å². The van der Waals surface area contributed by atoms with Crippen molar-refractivity contribution in [2.45, 2.75) is 38.3 Å². The largest absolute Gasteiger partial charge is 0.391 e. The molecule has 2 rings (SSSR count). The van der Waals surface area contributed by atoms with Crippen LogP contribution in [-0.2, 0) is 0 Å². The third-order valence-corrected chi connectivity index (χ3v) is 3.35. The molecule has 0 aromatic carbocycles. The van der Waals surface area contributed by atoms with E-state index in [9.17, 15) is 9.50 Å². The van der Waals surface area contributed by atoms with Crippen LogP contribution in [0, 0.1) is 5.95 Å². The first-order valence-electron chi connectivity index (χ1n) is 5.88. The van der Waals surface area contributed by atoms with Crippen molar-refractivity contribution in [2.75, 3.05) is 11.4 Å². The van der Waals surface area contributed by atoms with Crippen LogP contribution in [0.5, 0.6) is 0 Å². The van der Waals surface area contributed by atoms with Crippen LogP contribution in [0.3, 0.4) is 0 Å². The Hall–Kier alpha value is -0.680. The number of hydrogen-bond donors (Lipinski definition) is 1. The summed E-state index contributed by atoms with van der Waals surface area (Å²) in [7, 11) is 0. The predicted octanol–water partition coefficient (Wildman–Crippen LogP) is 2.72. The lowest BCUT2D eigenvalue weighted by Crippen LogP contribution is -2.34. The number of nitrogens with zero attached hydrogens (tertiary/aromatic N) is 2. The van der Waals surface area contributed by atoms with Crippen LogP contribution in [0.1, 0.15) is 26.2 Å². The Morgan fingerprint density at radius 2 is 2.29 bits per heavy atom. The molecule has 1 aliphatic rings. The third-order valence-electron chi connectivity index (χ3n) is 2.95. The van der Waals surface area contributed by atoms with E-state index >= 15 is 0 Å². The van der Waals surface area contributed by atoms with Crippen LogP contribution in [-0.4, -0.2) is 28.8 Å². The molecular weight excluding hydrogens is 287 g/mol. The molecule has 0 amide bonds. The summed E-state index contributed by atoms with van der Waals surface area (Å²) in [6.07, 6.45) is 2.55. The Bertz CT molecular complexity index is 378. The standard InChI is InChI=1S/C12H16BrFN2O/c1-2-10(17)7-16(8-3-4-8)9-5-11(13)15-12(14)6-9/h5-6,8,10,17H,2-4,7H2,1H3. The van der Waals surface area contributed by atoms with Gasteiger partial charge in [0.05, 0.1) is 6.10 Å². The number of halogens is 2. The third kappa shape index (κ3) is 3.39. The summed E-state index contributed by atoms with van der Waals surface area (Å²) < 4.78 is 13.8. The number of anilines is 1. The predicted molar refractivity (Wildman–Crippen MR) is 68.6 cm³/mol.